The van der Waals surface area contributed by atoms with Crippen LogP contribution in [-0.2, 0) is 9.53 Å². The van der Waals surface area contributed by atoms with Gasteiger partial charge in [-0.2, -0.15) is 0 Å². The van der Waals surface area contributed by atoms with Gasteiger partial charge in [0.2, 0.25) is 5.91 Å². The molecular weight excluding hydrogens is 372 g/mol. The average molecular weight is 396 g/mol. The molecule has 1 fully saturated rings. The van der Waals surface area contributed by atoms with Crippen LogP contribution < -0.4 is 5.32 Å². The van der Waals surface area contributed by atoms with Gasteiger partial charge in [0.25, 0.3) is 0 Å². The van der Waals surface area contributed by atoms with Crippen molar-refractivity contribution in [1.29, 1.82) is 0 Å². The third kappa shape index (κ3) is 3.91. The summed E-state index contributed by atoms with van der Waals surface area (Å²) in [6.45, 7) is 4.22. The highest BCUT2D eigenvalue weighted by molar-refractivity contribution is 6.06. The molecule has 152 valence electrons. The van der Waals surface area contributed by atoms with Gasteiger partial charge in [-0.15, -0.1) is 0 Å². The van der Waals surface area contributed by atoms with E-state index in [1.165, 1.54) is 4.90 Å². The van der Waals surface area contributed by atoms with Gasteiger partial charge in [-0.05, 0) is 24.1 Å². The van der Waals surface area contributed by atoms with E-state index in [4.69, 9.17) is 9.15 Å². The van der Waals surface area contributed by atoms with Crippen molar-refractivity contribution >= 4 is 39.6 Å². The summed E-state index contributed by atoms with van der Waals surface area (Å²) in [5, 5.41) is 14.8. The number of aliphatic hydroxyl groups excluding tert-OH is 1. The highest BCUT2D eigenvalue weighted by Gasteiger charge is 2.40. The van der Waals surface area contributed by atoms with Crippen molar-refractivity contribution < 1.29 is 23.8 Å². The van der Waals surface area contributed by atoms with Gasteiger partial charge in [0.1, 0.15) is 17.2 Å². The monoisotopic (exact) mass is 396 g/mol. The molecule has 2 N–H and O–H groups in total. The van der Waals surface area contributed by atoms with E-state index in [9.17, 15) is 14.7 Å². The molecule has 2 aromatic carbocycles. The first-order valence-electron chi connectivity index (χ1n) is 9.76. The molecular formula is C22H24N2O5. The van der Waals surface area contributed by atoms with Crippen LogP contribution in [0.1, 0.15) is 20.3 Å². The maximum atomic E-state index is 12.8. The van der Waals surface area contributed by atoms with E-state index in [2.05, 4.69) is 5.32 Å². The number of hydrogen-bond acceptors (Lipinski definition) is 5. The Morgan fingerprint density at radius 1 is 1.21 bits per heavy atom. The number of amides is 2. The van der Waals surface area contributed by atoms with Crippen LogP contribution in [0, 0.1) is 5.92 Å². The number of nitrogens with one attached hydrogen (secondary N) is 1. The van der Waals surface area contributed by atoms with Gasteiger partial charge >= 0.3 is 6.09 Å². The lowest BCUT2D eigenvalue weighted by Crippen LogP contribution is -2.43. The Kier molecular flexibility index (Phi) is 5.15. The first-order valence-corrected chi connectivity index (χ1v) is 9.76. The van der Waals surface area contributed by atoms with Crippen molar-refractivity contribution in [3.05, 3.63) is 42.5 Å². The zero-order valence-electron chi connectivity index (χ0n) is 16.4. The second-order valence-electron chi connectivity index (χ2n) is 7.83. The van der Waals surface area contributed by atoms with Gasteiger partial charge in [0.05, 0.1) is 19.3 Å². The largest absolute Gasteiger partial charge is 0.456 e. The molecule has 0 unspecified atom stereocenters. The fraction of sp³-hybridized carbons (Fsp3) is 0.364. The van der Waals surface area contributed by atoms with Crippen LogP contribution in [0.3, 0.4) is 0 Å². The summed E-state index contributed by atoms with van der Waals surface area (Å²) in [6, 6.07) is 12.4. The first kappa shape index (κ1) is 19.3. The Morgan fingerprint density at radius 3 is 2.76 bits per heavy atom. The molecule has 0 aliphatic carbocycles. The third-order valence-electron chi connectivity index (χ3n) is 5.00. The number of carbonyl (C=O) groups excluding carboxylic acids is 2. The SMILES string of the molecule is CC(C)COC(=O)N1C[C@@H](O)C[C@H]1C(=O)Nc1ccc2c(c1)oc1ccccc12. The number of furan rings is 1. The van der Waals surface area contributed by atoms with Crippen LogP contribution in [0.4, 0.5) is 10.5 Å². The number of β-amino-alcohol motifs (C(OH)–C–C–N with tert-alkyl or cyclic N) is 1. The number of aliphatic hydroxyl groups is 1. The second-order valence-corrected chi connectivity index (χ2v) is 7.83. The predicted octanol–water partition coefficient (Wildman–Crippen LogP) is 3.75. The third-order valence-corrected chi connectivity index (χ3v) is 5.00. The van der Waals surface area contributed by atoms with Crippen molar-refractivity contribution in [2.75, 3.05) is 18.5 Å². The van der Waals surface area contributed by atoms with Gasteiger partial charge in [-0.25, -0.2) is 4.79 Å². The number of nitrogens with zero attached hydrogens (tertiary/aromatic N) is 1. The van der Waals surface area contributed by atoms with Crippen LogP contribution in [-0.4, -0.2) is 47.3 Å². The van der Waals surface area contributed by atoms with E-state index < -0.39 is 18.2 Å². The molecule has 0 saturated carbocycles. The van der Waals surface area contributed by atoms with Crippen molar-refractivity contribution in [3.63, 3.8) is 0 Å². The molecule has 0 radical (unpaired) electrons. The number of likely N-dealkylation sites (tertiary alicyclic amines) is 1. The molecule has 1 aliphatic rings. The Hall–Kier alpha value is -3.06. The van der Waals surface area contributed by atoms with E-state index in [1.54, 1.807) is 12.1 Å². The maximum absolute atomic E-state index is 12.8. The highest BCUT2D eigenvalue weighted by Crippen LogP contribution is 2.30. The molecule has 2 amide bonds. The fourth-order valence-electron chi connectivity index (χ4n) is 3.61. The lowest BCUT2D eigenvalue weighted by atomic mass is 10.1. The molecule has 0 spiro atoms. The summed E-state index contributed by atoms with van der Waals surface area (Å²) in [6.07, 6.45) is -1.16. The number of anilines is 1. The summed E-state index contributed by atoms with van der Waals surface area (Å²) in [5.74, 6) is -0.173. The predicted molar refractivity (Wildman–Crippen MR) is 110 cm³/mol. The van der Waals surface area contributed by atoms with Gasteiger partial charge in [-0.3, -0.25) is 9.69 Å². The Balaban J connectivity index is 1.51. The number of benzene rings is 2. The van der Waals surface area contributed by atoms with Crippen LogP contribution >= 0.6 is 0 Å². The number of fused-ring (bicyclic) bond motifs is 3. The van der Waals surface area contributed by atoms with Crippen LogP contribution in [0.5, 0.6) is 0 Å². The molecule has 3 aromatic rings. The maximum Gasteiger partial charge on any atom is 0.410 e. The Bertz CT molecular complexity index is 1060. The Labute approximate surface area is 168 Å². The number of hydrogen-bond donors (Lipinski definition) is 2. The van der Waals surface area contributed by atoms with E-state index in [-0.39, 0.29) is 31.4 Å². The second kappa shape index (κ2) is 7.75. The smallest absolute Gasteiger partial charge is 0.410 e. The number of carbonyl (C=O) groups is 2. The topological polar surface area (TPSA) is 92.0 Å². The lowest BCUT2D eigenvalue weighted by molar-refractivity contribution is -0.120. The molecule has 1 aliphatic heterocycles. The van der Waals surface area contributed by atoms with E-state index >= 15 is 0 Å². The zero-order chi connectivity index (χ0) is 20.5. The quantitative estimate of drug-likeness (QED) is 0.701. The number of para-hydroxylation sites is 1. The molecule has 1 aromatic heterocycles. The molecule has 1 saturated heterocycles. The van der Waals surface area contributed by atoms with Crippen LogP contribution in [0.15, 0.2) is 46.9 Å². The number of rotatable bonds is 4. The molecule has 2 heterocycles. The van der Waals surface area contributed by atoms with Crippen molar-refractivity contribution in [2.24, 2.45) is 5.92 Å². The summed E-state index contributed by atoms with van der Waals surface area (Å²) >= 11 is 0. The van der Waals surface area contributed by atoms with Gasteiger partial charge in [-0.1, -0.05) is 32.0 Å². The standard InChI is InChI=1S/C22H24N2O5/c1-13(2)12-28-22(27)24-11-15(25)10-18(24)21(26)23-14-7-8-17-16-5-3-4-6-19(16)29-20(17)9-14/h3-9,13,15,18,25H,10-12H2,1-2H3,(H,23,26)/t15-,18-/m0/s1. The van der Waals surface area contributed by atoms with Gasteiger partial charge in [0, 0.05) is 28.9 Å². The first-order chi connectivity index (χ1) is 13.9. The normalized spacial score (nSPS) is 19.2. The summed E-state index contributed by atoms with van der Waals surface area (Å²) < 4.78 is 11.1. The Morgan fingerprint density at radius 2 is 1.97 bits per heavy atom. The summed E-state index contributed by atoms with van der Waals surface area (Å²) in [4.78, 5) is 26.4. The summed E-state index contributed by atoms with van der Waals surface area (Å²) in [5.41, 5.74) is 2.02. The van der Waals surface area contributed by atoms with Crippen LogP contribution in [0.2, 0.25) is 0 Å². The van der Waals surface area contributed by atoms with Gasteiger partial charge in [0.15, 0.2) is 0 Å². The molecule has 2 atom stereocenters. The highest BCUT2D eigenvalue weighted by atomic mass is 16.6. The molecule has 29 heavy (non-hydrogen) atoms. The van der Waals surface area contributed by atoms with Crippen molar-refractivity contribution in [2.45, 2.75) is 32.4 Å². The van der Waals surface area contributed by atoms with Crippen molar-refractivity contribution in [1.82, 2.24) is 4.90 Å². The fourth-order valence-corrected chi connectivity index (χ4v) is 3.61. The van der Waals surface area contributed by atoms with Gasteiger partial charge < -0.3 is 19.6 Å². The van der Waals surface area contributed by atoms with Crippen LogP contribution in [0.25, 0.3) is 21.9 Å². The minimum atomic E-state index is -0.781. The summed E-state index contributed by atoms with van der Waals surface area (Å²) in [7, 11) is 0. The van der Waals surface area contributed by atoms with Crippen molar-refractivity contribution in [3.8, 4) is 0 Å². The zero-order valence-corrected chi connectivity index (χ0v) is 16.4. The minimum Gasteiger partial charge on any atom is -0.456 e. The van der Waals surface area contributed by atoms with E-state index in [1.807, 2.05) is 44.2 Å². The van der Waals surface area contributed by atoms with E-state index in [0.717, 1.165) is 16.4 Å². The number of ether oxygens (including phenoxy) is 1. The lowest BCUT2D eigenvalue weighted by Gasteiger charge is -2.23. The molecule has 7 nitrogen and oxygen atoms in total. The molecule has 0 bridgehead atoms. The minimum absolute atomic E-state index is 0.0810. The average Bonchev–Trinajstić information content (AvgIpc) is 3.26. The van der Waals surface area contributed by atoms with E-state index in [0.29, 0.717) is 11.3 Å². The molecule has 4 rings (SSSR count). The molecule has 7 heteroatoms.